The molecule has 0 fully saturated rings. The fourth-order valence-corrected chi connectivity index (χ4v) is 2.39. The maximum Gasteiger partial charge on any atom is 0.331 e. The highest BCUT2D eigenvalue weighted by Crippen LogP contribution is 2.18. The number of amides is 1. The molecule has 0 saturated heterocycles. The van der Waals surface area contributed by atoms with Crippen molar-refractivity contribution in [3.8, 4) is 5.75 Å². The summed E-state index contributed by atoms with van der Waals surface area (Å²) < 4.78 is 24.4. The predicted molar refractivity (Wildman–Crippen MR) is 100 cm³/mol. The maximum absolute atomic E-state index is 13.6. The minimum Gasteiger partial charge on any atom is -0.497 e. The summed E-state index contributed by atoms with van der Waals surface area (Å²) >= 11 is 3.23. The first-order valence-electron chi connectivity index (χ1n) is 7.67. The monoisotopic (exact) mass is 421 g/mol. The SMILES string of the molecule is COc1cccc(NC(=O)C(C)OC(=O)/C=C/c2cc(Br)ccc2F)c1. The minimum atomic E-state index is -1.02. The van der Waals surface area contributed by atoms with Crippen LogP contribution in [0.15, 0.2) is 53.0 Å². The highest BCUT2D eigenvalue weighted by Gasteiger charge is 2.17. The van der Waals surface area contributed by atoms with Crippen LogP contribution in [0.5, 0.6) is 5.75 Å². The Morgan fingerprint density at radius 3 is 2.73 bits per heavy atom. The van der Waals surface area contributed by atoms with Crippen molar-refractivity contribution in [2.24, 2.45) is 0 Å². The van der Waals surface area contributed by atoms with Crippen molar-refractivity contribution >= 4 is 39.6 Å². The molecule has 0 aliphatic carbocycles. The van der Waals surface area contributed by atoms with Crippen molar-refractivity contribution in [2.75, 3.05) is 12.4 Å². The fourth-order valence-electron chi connectivity index (χ4n) is 2.01. The van der Waals surface area contributed by atoms with E-state index in [0.717, 1.165) is 6.08 Å². The maximum atomic E-state index is 13.6. The number of carbonyl (C=O) groups excluding carboxylic acids is 2. The predicted octanol–water partition coefficient (Wildman–Crippen LogP) is 4.18. The molecule has 1 amide bonds. The van der Waals surface area contributed by atoms with Gasteiger partial charge >= 0.3 is 5.97 Å². The Hall–Kier alpha value is -2.67. The lowest BCUT2D eigenvalue weighted by atomic mass is 10.2. The number of hydrogen-bond acceptors (Lipinski definition) is 4. The first kappa shape index (κ1) is 19.7. The Balaban J connectivity index is 1.94. The molecule has 136 valence electrons. The number of anilines is 1. The molecule has 1 atom stereocenters. The van der Waals surface area contributed by atoms with Crippen LogP contribution in [-0.4, -0.2) is 25.1 Å². The number of methoxy groups -OCH3 is 1. The molecule has 26 heavy (non-hydrogen) atoms. The summed E-state index contributed by atoms with van der Waals surface area (Å²) in [5.74, 6) is -1.13. The molecule has 0 aromatic heterocycles. The third-order valence-electron chi connectivity index (χ3n) is 3.36. The van der Waals surface area contributed by atoms with Gasteiger partial charge in [-0.25, -0.2) is 9.18 Å². The Labute approximate surface area is 158 Å². The third-order valence-corrected chi connectivity index (χ3v) is 3.85. The molecule has 0 saturated carbocycles. The second-order valence-electron chi connectivity index (χ2n) is 5.30. The second-order valence-corrected chi connectivity index (χ2v) is 6.22. The van der Waals surface area contributed by atoms with Crippen LogP contribution < -0.4 is 10.1 Å². The number of halogens is 2. The van der Waals surface area contributed by atoms with Gasteiger partial charge in [0.25, 0.3) is 5.91 Å². The lowest BCUT2D eigenvalue weighted by Crippen LogP contribution is -2.29. The summed E-state index contributed by atoms with van der Waals surface area (Å²) in [5.41, 5.74) is 0.744. The van der Waals surface area contributed by atoms with Gasteiger partial charge < -0.3 is 14.8 Å². The average molecular weight is 422 g/mol. The summed E-state index contributed by atoms with van der Waals surface area (Å²) in [7, 11) is 1.52. The van der Waals surface area contributed by atoms with E-state index in [2.05, 4.69) is 21.2 Å². The average Bonchev–Trinajstić information content (AvgIpc) is 2.62. The first-order chi connectivity index (χ1) is 12.4. The molecule has 2 rings (SSSR count). The normalized spacial score (nSPS) is 11.8. The number of rotatable bonds is 6. The van der Waals surface area contributed by atoms with Crippen LogP contribution in [0.1, 0.15) is 12.5 Å². The molecule has 0 radical (unpaired) electrons. The zero-order chi connectivity index (χ0) is 19.1. The molecule has 1 N–H and O–H groups in total. The smallest absolute Gasteiger partial charge is 0.331 e. The molecular weight excluding hydrogens is 405 g/mol. The molecule has 0 heterocycles. The van der Waals surface area contributed by atoms with Crippen LogP contribution in [0.4, 0.5) is 10.1 Å². The molecule has 5 nitrogen and oxygen atoms in total. The summed E-state index contributed by atoms with van der Waals surface area (Å²) in [6.07, 6.45) is 1.33. The van der Waals surface area contributed by atoms with Crippen molar-refractivity contribution in [3.63, 3.8) is 0 Å². The Morgan fingerprint density at radius 2 is 2.00 bits per heavy atom. The number of esters is 1. The van der Waals surface area contributed by atoms with Crippen LogP contribution >= 0.6 is 15.9 Å². The molecule has 0 aliphatic rings. The zero-order valence-electron chi connectivity index (χ0n) is 14.2. The minimum absolute atomic E-state index is 0.227. The summed E-state index contributed by atoms with van der Waals surface area (Å²) in [4.78, 5) is 23.9. The molecule has 0 spiro atoms. The van der Waals surface area contributed by atoms with Crippen molar-refractivity contribution in [3.05, 3.63) is 64.4 Å². The molecule has 2 aromatic carbocycles. The topological polar surface area (TPSA) is 64.6 Å². The quantitative estimate of drug-likeness (QED) is 0.561. The van der Waals surface area contributed by atoms with Gasteiger partial charge in [0.1, 0.15) is 11.6 Å². The van der Waals surface area contributed by atoms with Gasteiger partial charge in [0.2, 0.25) is 0 Å². The number of carbonyl (C=O) groups is 2. The van der Waals surface area contributed by atoms with E-state index in [1.54, 1.807) is 30.3 Å². The van der Waals surface area contributed by atoms with E-state index in [1.165, 1.54) is 32.2 Å². The van der Waals surface area contributed by atoms with E-state index < -0.39 is 23.8 Å². The van der Waals surface area contributed by atoms with E-state index in [-0.39, 0.29) is 5.56 Å². The highest BCUT2D eigenvalue weighted by atomic mass is 79.9. The first-order valence-corrected chi connectivity index (χ1v) is 8.47. The van der Waals surface area contributed by atoms with Gasteiger partial charge in [0.05, 0.1) is 7.11 Å². The largest absolute Gasteiger partial charge is 0.497 e. The Morgan fingerprint density at radius 1 is 1.23 bits per heavy atom. The number of benzene rings is 2. The van der Waals surface area contributed by atoms with Crippen molar-refractivity contribution in [2.45, 2.75) is 13.0 Å². The van der Waals surface area contributed by atoms with Crippen LogP contribution in [0, 0.1) is 5.82 Å². The van der Waals surface area contributed by atoms with Crippen LogP contribution in [0.2, 0.25) is 0 Å². The van der Waals surface area contributed by atoms with Crippen molar-refractivity contribution in [1.82, 2.24) is 0 Å². The number of ether oxygens (including phenoxy) is 2. The van der Waals surface area contributed by atoms with Gasteiger partial charge in [-0.2, -0.15) is 0 Å². The lowest BCUT2D eigenvalue weighted by Gasteiger charge is -2.13. The summed E-state index contributed by atoms with van der Waals surface area (Å²) in [5, 5.41) is 2.63. The Kier molecular flexibility index (Phi) is 6.91. The second kappa shape index (κ2) is 9.15. The zero-order valence-corrected chi connectivity index (χ0v) is 15.7. The summed E-state index contributed by atoms with van der Waals surface area (Å²) in [6.45, 7) is 1.45. The molecule has 2 aromatic rings. The lowest BCUT2D eigenvalue weighted by molar-refractivity contribution is -0.148. The van der Waals surface area contributed by atoms with Gasteiger partial charge in [-0.3, -0.25) is 4.79 Å². The van der Waals surface area contributed by atoms with Gasteiger partial charge in [0.15, 0.2) is 6.10 Å². The van der Waals surface area contributed by atoms with Crippen LogP contribution in [0.3, 0.4) is 0 Å². The number of nitrogens with one attached hydrogen (secondary N) is 1. The van der Waals surface area contributed by atoms with Crippen molar-refractivity contribution < 1.29 is 23.5 Å². The molecule has 0 bridgehead atoms. The fraction of sp³-hybridized carbons (Fsp3) is 0.158. The third kappa shape index (κ3) is 5.70. The molecular formula is C19H17BrFNO4. The Bertz CT molecular complexity index is 838. The van der Waals surface area contributed by atoms with E-state index >= 15 is 0 Å². The van der Waals surface area contributed by atoms with Gasteiger partial charge in [-0.15, -0.1) is 0 Å². The van der Waals surface area contributed by atoms with E-state index in [4.69, 9.17) is 9.47 Å². The van der Waals surface area contributed by atoms with Gasteiger partial charge in [-0.05, 0) is 43.3 Å². The van der Waals surface area contributed by atoms with Gasteiger partial charge in [-0.1, -0.05) is 22.0 Å². The molecule has 7 heteroatoms. The van der Waals surface area contributed by atoms with E-state index in [1.807, 2.05) is 0 Å². The van der Waals surface area contributed by atoms with E-state index in [0.29, 0.717) is 15.9 Å². The van der Waals surface area contributed by atoms with Crippen molar-refractivity contribution in [1.29, 1.82) is 0 Å². The van der Waals surface area contributed by atoms with Crippen LogP contribution in [0.25, 0.3) is 6.08 Å². The molecule has 0 aliphatic heterocycles. The molecule has 1 unspecified atom stereocenters. The van der Waals surface area contributed by atoms with Crippen LogP contribution in [-0.2, 0) is 14.3 Å². The summed E-state index contributed by atoms with van der Waals surface area (Å²) in [6, 6.07) is 11.1. The van der Waals surface area contributed by atoms with E-state index in [9.17, 15) is 14.0 Å². The standard InChI is InChI=1S/C19H17BrFNO4/c1-12(19(24)22-15-4-3-5-16(11-15)25-2)26-18(23)9-6-13-10-14(20)7-8-17(13)21/h3-12H,1-2H3,(H,22,24)/b9-6+. The highest BCUT2D eigenvalue weighted by molar-refractivity contribution is 9.10. The van der Waals surface area contributed by atoms with Gasteiger partial charge in [0, 0.05) is 27.9 Å². The number of hydrogen-bond donors (Lipinski definition) is 1.